The Balaban J connectivity index is 2.53. The zero-order valence-corrected chi connectivity index (χ0v) is 7.24. The fourth-order valence-electron chi connectivity index (χ4n) is 1.64. The van der Waals surface area contributed by atoms with Gasteiger partial charge in [0.15, 0.2) is 11.8 Å². The van der Waals surface area contributed by atoms with Gasteiger partial charge in [0.05, 0.1) is 5.56 Å². The SMILES string of the molecule is COC1C=CCc2c(O)[nH]c(O)c21. The number of allylic oxidation sites excluding steroid dienone is 1. The molecule has 0 fully saturated rings. The van der Waals surface area contributed by atoms with Gasteiger partial charge in [0, 0.05) is 12.7 Å². The third-order valence-corrected chi connectivity index (χ3v) is 2.27. The molecular weight excluding hydrogens is 170 g/mol. The minimum atomic E-state index is -0.263. The van der Waals surface area contributed by atoms with Crippen molar-refractivity contribution in [2.24, 2.45) is 0 Å². The second-order valence-electron chi connectivity index (χ2n) is 3.00. The molecule has 1 unspecified atom stereocenters. The number of aromatic nitrogens is 1. The topological polar surface area (TPSA) is 65.5 Å². The zero-order chi connectivity index (χ0) is 9.42. The average Bonchev–Trinajstić information content (AvgIpc) is 2.43. The third-order valence-electron chi connectivity index (χ3n) is 2.27. The molecule has 0 aliphatic heterocycles. The van der Waals surface area contributed by atoms with Crippen LogP contribution in [0, 0.1) is 0 Å². The number of hydrogen-bond acceptors (Lipinski definition) is 3. The molecule has 0 saturated carbocycles. The van der Waals surface area contributed by atoms with Crippen LogP contribution >= 0.6 is 0 Å². The molecule has 1 atom stereocenters. The van der Waals surface area contributed by atoms with Crippen molar-refractivity contribution < 1.29 is 14.9 Å². The second-order valence-corrected chi connectivity index (χ2v) is 3.00. The summed E-state index contributed by atoms with van der Waals surface area (Å²) < 4.78 is 5.13. The van der Waals surface area contributed by atoms with E-state index in [1.165, 1.54) is 0 Å². The van der Waals surface area contributed by atoms with Crippen molar-refractivity contribution in [2.75, 3.05) is 7.11 Å². The molecular formula is C9H11NO3. The van der Waals surface area contributed by atoms with Crippen molar-refractivity contribution in [3.63, 3.8) is 0 Å². The van der Waals surface area contributed by atoms with Gasteiger partial charge in [0.2, 0.25) is 0 Å². The zero-order valence-electron chi connectivity index (χ0n) is 7.24. The first-order chi connectivity index (χ1) is 6.24. The summed E-state index contributed by atoms with van der Waals surface area (Å²) in [7, 11) is 1.56. The summed E-state index contributed by atoms with van der Waals surface area (Å²) in [6.45, 7) is 0. The number of ether oxygens (including phenoxy) is 1. The molecule has 2 rings (SSSR count). The van der Waals surface area contributed by atoms with Gasteiger partial charge < -0.3 is 14.9 Å². The molecule has 0 amide bonds. The van der Waals surface area contributed by atoms with Crippen LogP contribution < -0.4 is 0 Å². The Hall–Kier alpha value is -1.42. The van der Waals surface area contributed by atoms with Gasteiger partial charge in [-0.1, -0.05) is 12.2 Å². The van der Waals surface area contributed by atoms with Crippen LogP contribution in [0.4, 0.5) is 0 Å². The van der Waals surface area contributed by atoms with Crippen LogP contribution in [0.2, 0.25) is 0 Å². The van der Waals surface area contributed by atoms with Crippen molar-refractivity contribution in [2.45, 2.75) is 12.5 Å². The van der Waals surface area contributed by atoms with Crippen molar-refractivity contribution in [3.05, 3.63) is 23.3 Å². The smallest absolute Gasteiger partial charge is 0.197 e. The lowest BCUT2D eigenvalue weighted by molar-refractivity contribution is 0.138. The summed E-state index contributed by atoms with van der Waals surface area (Å²) in [5.41, 5.74) is 1.36. The predicted octanol–water partition coefficient (Wildman–Crippen LogP) is 1.23. The lowest BCUT2D eigenvalue weighted by Crippen LogP contribution is -2.04. The summed E-state index contributed by atoms with van der Waals surface area (Å²) in [5, 5.41) is 18.8. The van der Waals surface area contributed by atoms with Gasteiger partial charge >= 0.3 is 0 Å². The third kappa shape index (κ3) is 1.10. The minimum absolute atomic E-state index is 0.0105. The Morgan fingerprint density at radius 1 is 1.46 bits per heavy atom. The maximum absolute atomic E-state index is 9.45. The molecule has 3 N–H and O–H groups in total. The number of nitrogens with one attached hydrogen (secondary N) is 1. The van der Waals surface area contributed by atoms with Crippen LogP contribution in [0.3, 0.4) is 0 Å². The van der Waals surface area contributed by atoms with Crippen LogP contribution in [0.15, 0.2) is 12.2 Å². The second kappa shape index (κ2) is 2.81. The minimum Gasteiger partial charge on any atom is -0.494 e. The lowest BCUT2D eigenvalue weighted by Gasteiger charge is -2.15. The molecule has 70 valence electrons. The summed E-state index contributed by atoms with van der Waals surface area (Å²) in [6, 6.07) is 0. The van der Waals surface area contributed by atoms with Gasteiger partial charge in [-0.25, -0.2) is 0 Å². The number of aromatic hydroxyl groups is 2. The average molecular weight is 181 g/mol. The summed E-state index contributed by atoms with van der Waals surface area (Å²) in [5.74, 6) is 0.0163. The van der Waals surface area contributed by atoms with Crippen LogP contribution in [-0.2, 0) is 11.2 Å². The van der Waals surface area contributed by atoms with E-state index in [0.29, 0.717) is 17.5 Å². The molecule has 4 nitrogen and oxygen atoms in total. The van der Waals surface area contributed by atoms with E-state index in [1.54, 1.807) is 7.11 Å². The van der Waals surface area contributed by atoms with Crippen molar-refractivity contribution >= 4 is 0 Å². The monoisotopic (exact) mass is 181 g/mol. The van der Waals surface area contributed by atoms with Gasteiger partial charge in [-0.15, -0.1) is 0 Å². The molecule has 1 aliphatic rings. The fourth-order valence-corrected chi connectivity index (χ4v) is 1.64. The molecule has 0 aromatic carbocycles. The number of hydrogen-bond donors (Lipinski definition) is 3. The number of aromatic amines is 1. The van der Waals surface area contributed by atoms with Crippen LogP contribution in [0.5, 0.6) is 11.8 Å². The summed E-state index contributed by atoms with van der Waals surface area (Å²) in [4.78, 5) is 2.47. The normalized spacial score (nSPS) is 20.2. The van der Waals surface area contributed by atoms with E-state index in [-0.39, 0.29) is 17.9 Å². The standard InChI is InChI=1S/C9H11NO3/c1-13-6-4-2-3-5-7(6)9(12)10-8(5)11/h2,4,6,10-12H,3H2,1H3. The van der Waals surface area contributed by atoms with Gasteiger partial charge in [-0.2, -0.15) is 0 Å². The molecule has 0 spiro atoms. The maximum atomic E-state index is 9.45. The van der Waals surface area contributed by atoms with Crippen LogP contribution in [0.1, 0.15) is 17.2 Å². The number of methoxy groups -OCH3 is 1. The van der Waals surface area contributed by atoms with E-state index >= 15 is 0 Å². The number of H-pyrrole nitrogens is 1. The molecule has 1 aliphatic carbocycles. The molecule has 0 saturated heterocycles. The van der Waals surface area contributed by atoms with Crippen LogP contribution in [-0.4, -0.2) is 22.3 Å². The molecule has 0 bridgehead atoms. The summed E-state index contributed by atoms with van der Waals surface area (Å²) in [6.07, 6.45) is 4.12. The molecule has 13 heavy (non-hydrogen) atoms. The molecule has 1 aromatic rings. The number of rotatable bonds is 1. The largest absolute Gasteiger partial charge is 0.494 e. The van der Waals surface area contributed by atoms with Gasteiger partial charge in [0.25, 0.3) is 0 Å². The van der Waals surface area contributed by atoms with Gasteiger partial charge in [0.1, 0.15) is 6.10 Å². The first kappa shape index (κ1) is 8.19. The molecule has 0 radical (unpaired) electrons. The quantitative estimate of drug-likeness (QED) is 0.571. The highest BCUT2D eigenvalue weighted by molar-refractivity contribution is 5.49. The van der Waals surface area contributed by atoms with Crippen LogP contribution in [0.25, 0.3) is 0 Å². The lowest BCUT2D eigenvalue weighted by atomic mass is 9.98. The van der Waals surface area contributed by atoms with E-state index in [9.17, 15) is 10.2 Å². The van der Waals surface area contributed by atoms with Gasteiger partial charge in [-0.3, -0.25) is 4.98 Å². The van der Waals surface area contributed by atoms with E-state index in [4.69, 9.17) is 4.74 Å². The molecule has 1 aromatic heterocycles. The Labute approximate surface area is 75.5 Å². The Kier molecular flexibility index (Phi) is 1.77. The fraction of sp³-hybridized carbons (Fsp3) is 0.333. The first-order valence-electron chi connectivity index (χ1n) is 4.06. The molecule has 4 heteroatoms. The highest BCUT2D eigenvalue weighted by Gasteiger charge is 2.24. The molecule has 1 heterocycles. The summed E-state index contributed by atoms with van der Waals surface area (Å²) >= 11 is 0. The first-order valence-corrected chi connectivity index (χ1v) is 4.06. The van der Waals surface area contributed by atoms with Crippen molar-refractivity contribution in [3.8, 4) is 11.8 Å². The van der Waals surface area contributed by atoms with E-state index in [2.05, 4.69) is 4.98 Å². The Morgan fingerprint density at radius 2 is 2.23 bits per heavy atom. The number of fused-ring (bicyclic) bond motifs is 1. The van der Waals surface area contributed by atoms with E-state index < -0.39 is 0 Å². The maximum Gasteiger partial charge on any atom is 0.197 e. The van der Waals surface area contributed by atoms with Crippen molar-refractivity contribution in [1.29, 1.82) is 0 Å². The van der Waals surface area contributed by atoms with Gasteiger partial charge in [-0.05, 0) is 6.42 Å². The Morgan fingerprint density at radius 3 is 2.92 bits per heavy atom. The van der Waals surface area contributed by atoms with Crippen molar-refractivity contribution in [1.82, 2.24) is 4.98 Å². The highest BCUT2D eigenvalue weighted by Crippen LogP contribution is 2.38. The van der Waals surface area contributed by atoms with E-state index in [1.807, 2.05) is 12.2 Å². The predicted molar refractivity (Wildman–Crippen MR) is 46.7 cm³/mol. The highest BCUT2D eigenvalue weighted by atomic mass is 16.5. The Bertz CT molecular complexity index is 354. The van der Waals surface area contributed by atoms with E-state index in [0.717, 1.165) is 0 Å².